The molecule has 0 unspecified atom stereocenters. The quantitative estimate of drug-likeness (QED) is 0.527. The summed E-state index contributed by atoms with van der Waals surface area (Å²) in [6.45, 7) is 0. The smallest absolute Gasteiger partial charge is 0.416 e. The van der Waals surface area contributed by atoms with Crippen LogP contribution < -0.4 is 0 Å². The number of rotatable bonds is 3. The number of halogens is 3. The molecule has 22 heavy (non-hydrogen) atoms. The van der Waals surface area contributed by atoms with Crippen LogP contribution in [0.2, 0.25) is 0 Å². The molecule has 0 radical (unpaired) electrons. The first-order valence-electron chi connectivity index (χ1n) is 5.96. The summed E-state index contributed by atoms with van der Waals surface area (Å²) in [7, 11) is 0. The maximum Gasteiger partial charge on any atom is 0.416 e. The van der Waals surface area contributed by atoms with E-state index in [2.05, 4.69) is 4.99 Å². The summed E-state index contributed by atoms with van der Waals surface area (Å²) in [5, 5.41) is 20.2. The molecule has 114 valence electrons. The molecule has 0 heterocycles. The van der Waals surface area contributed by atoms with Crippen LogP contribution in [0.1, 0.15) is 11.1 Å². The zero-order valence-electron chi connectivity index (χ0n) is 10.9. The first-order valence-corrected chi connectivity index (χ1v) is 5.96. The van der Waals surface area contributed by atoms with Crippen molar-refractivity contribution in [3.8, 4) is 5.75 Å². The topological polar surface area (TPSA) is 75.7 Å². The number of aliphatic imine (C=N–C) groups is 1. The third-order valence-corrected chi connectivity index (χ3v) is 2.77. The summed E-state index contributed by atoms with van der Waals surface area (Å²) in [6.07, 6.45) is -3.29. The highest BCUT2D eigenvalue weighted by molar-refractivity contribution is 5.86. The molecule has 0 aliphatic rings. The fourth-order valence-corrected chi connectivity index (χ4v) is 1.64. The van der Waals surface area contributed by atoms with Crippen LogP contribution in [-0.4, -0.2) is 16.2 Å². The Morgan fingerprint density at radius 2 is 1.77 bits per heavy atom. The number of benzene rings is 2. The Morgan fingerprint density at radius 1 is 1.14 bits per heavy atom. The Balaban J connectivity index is 2.25. The molecule has 0 saturated carbocycles. The van der Waals surface area contributed by atoms with E-state index in [1.807, 2.05) is 0 Å². The number of hydrogen-bond donors (Lipinski definition) is 1. The number of phenols is 1. The second kappa shape index (κ2) is 5.84. The number of nitro benzene ring substituents is 1. The molecule has 2 aromatic carbocycles. The van der Waals surface area contributed by atoms with Crippen LogP contribution in [0.4, 0.5) is 24.5 Å². The number of aromatic hydroxyl groups is 1. The lowest BCUT2D eigenvalue weighted by molar-refractivity contribution is -0.384. The maximum absolute atomic E-state index is 12.4. The average molecular weight is 310 g/mol. The SMILES string of the molecule is O=[N+]([O-])c1ccc(O)c(C=Nc2ccc(C(F)(F)F)cc2)c1. The van der Waals surface area contributed by atoms with Gasteiger partial charge in [-0.2, -0.15) is 13.2 Å². The molecule has 5 nitrogen and oxygen atoms in total. The third-order valence-electron chi connectivity index (χ3n) is 2.77. The molecule has 8 heteroatoms. The van der Waals surface area contributed by atoms with E-state index in [-0.39, 0.29) is 22.7 Å². The summed E-state index contributed by atoms with van der Waals surface area (Å²) in [6, 6.07) is 7.46. The van der Waals surface area contributed by atoms with Crippen molar-refractivity contribution in [1.29, 1.82) is 0 Å². The van der Waals surface area contributed by atoms with Gasteiger partial charge in [0, 0.05) is 23.9 Å². The second-order valence-electron chi connectivity index (χ2n) is 4.30. The molecular formula is C14H9F3N2O3. The van der Waals surface area contributed by atoms with E-state index in [4.69, 9.17) is 0 Å². The molecule has 0 atom stereocenters. The summed E-state index contributed by atoms with van der Waals surface area (Å²) in [4.78, 5) is 13.9. The standard InChI is InChI=1S/C14H9F3N2O3/c15-14(16,17)10-1-3-11(4-2-10)18-8-9-7-12(19(21)22)5-6-13(9)20/h1-8,20H. The zero-order chi connectivity index (χ0) is 16.3. The van der Waals surface area contributed by atoms with Gasteiger partial charge in [0.1, 0.15) is 5.75 Å². The van der Waals surface area contributed by atoms with E-state index in [9.17, 15) is 28.4 Å². The van der Waals surface area contributed by atoms with Crippen LogP contribution in [0.25, 0.3) is 0 Å². The first-order chi connectivity index (χ1) is 10.3. The fraction of sp³-hybridized carbons (Fsp3) is 0.0714. The Bertz CT molecular complexity index is 725. The van der Waals surface area contributed by atoms with Gasteiger partial charge in [-0.1, -0.05) is 0 Å². The van der Waals surface area contributed by atoms with Crippen molar-refractivity contribution < 1.29 is 23.2 Å². The van der Waals surface area contributed by atoms with E-state index in [1.54, 1.807) is 0 Å². The van der Waals surface area contributed by atoms with Crippen molar-refractivity contribution in [2.75, 3.05) is 0 Å². The number of hydrogen-bond acceptors (Lipinski definition) is 4. The van der Waals surface area contributed by atoms with Gasteiger partial charge in [0.15, 0.2) is 0 Å². The zero-order valence-corrected chi connectivity index (χ0v) is 10.9. The van der Waals surface area contributed by atoms with Crippen LogP contribution in [0.5, 0.6) is 5.75 Å². The van der Waals surface area contributed by atoms with Crippen LogP contribution >= 0.6 is 0 Å². The van der Waals surface area contributed by atoms with Crippen LogP contribution in [0, 0.1) is 10.1 Å². The number of nitro groups is 1. The Hall–Kier alpha value is -2.90. The predicted molar refractivity (Wildman–Crippen MR) is 73.5 cm³/mol. The molecular weight excluding hydrogens is 301 g/mol. The highest BCUT2D eigenvalue weighted by Gasteiger charge is 2.29. The van der Waals surface area contributed by atoms with Crippen LogP contribution in [-0.2, 0) is 6.18 Å². The van der Waals surface area contributed by atoms with Gasteiger partial charge in [-0.15, -0.1) is 0 Å². The van der Waals surface area contributed by atoms with Gasteiger partial charge in [0.25, 0.3) is 5.69 Å². The van der Waals surface area contributed by atoms with Crippen molar-refractivity contribution in [3.05, 3.63) is 63.7 Å². The minimum Gasteiger partial charge on any atom is -0.507 e. The van der Waals surface area contributed by atoms with Crippen molar-refractivity contribution in [2.24, 2.45) is 4.99 Å². The molecule has 0 aliphatic heterocycles. The van der Waals surface area contributed by atoms with E-state index in [0.717, 1.165) is 48.7 Å². The van der Waals surface area contributed by atoms with Gasteiger partial charge < -0.3 is 5.11 Å². The average Bonchev–Trinajstić information content (AvgIpc) is 2.45. The van der Waals surface area contributed by atoms with E-state index < -0.39 is 16.7 Å². The van der Waals surface area contributed by atoms with E-state index in [1.165, 1.54) is 0 Å². The molecule has 2 aromatic rings. The summed E-state index contributed by atoms with van der Waals surface area (Å²) in [5.74, 6) is -0.221. The van der Waals surface area contributed by atoms with Crippen molar-refractivity contribution in [2.45, 2.75) is 6.18 Å². The molecule has 1 N–H and O–H groups in total. The molecule has 0 amide bonds. The minimum absolute atomic E-state index is 0.0918. The van der Waals surface area contributed by atoms with Gasteiger partial charge in [0.2, 0.25) is 0 Å². The highest BCUT2D eigenvalue weighted by Crippen LogP contribution is 2.30. The van der Waals surface area contributed by atoms with E-state index in [0.29, 0.717) is 0 Å². The maximum atomic E-state index is 12.4. The van der Waals surface area contributed by atoms with Gasteiger partial charge in [0.05, 0.1) is 16.2 Å². The van der Waals surface area contributed by atoms with Gasteiger partial charge >= 0.3 is 6.18 Å². The molecule has 0 spiro atoms. The lowest BCUT2D eigenvalue weighted by Gasteiger charge is -2.05. The lowest BCUT2D eigenvalue weighted by atomic mass is 10.2. The summed E-state index contributed by atoms with van der Waals surface area (Å²) in [5.41, 5.74) is -0.718. The molecule has 0 aliphatic carbocycles. The second-order valence-corrected chi connectivity index (χ2v) is 4.30. The number of alkyl halides is 3. The fourth-order valence-electron chi connectivity index (χ4n) is 1.64. The minimum atomic E-state index is -4.43. The van der Waals surface area contributed by atoms with Gasteiger partial charge in [-0.3, -0.25) is 15.1 Å². The lowest BCUT2D eigenvalue weighted by Crippen LogP contribution is -2.03. The molecule has 0 aromatic heterocycles. The molecule has 0 saturated heterocycles. The van der Waals surface area contributed by atoms with E-state index >= 15 is 0 Å². The number of nitrogens with zero attached hydrogens (tertiary/aromatic N) is 2. The van der Waals surface area contributed by atoms with Crippen molar-refractivity contribution >= 4 is 17.6 Å². The Morgan fingerprint density at radius 3 is 2.32 bits per heavy atom. The largest absolute Gasteiger partial charge is 0.507 e. The van der Waals surface area contributed by atoms with Crippen LogP contribution in [0.15, 0.2) is 47.5 Å². The Labute approximate surface area is 122 Å². The summed E-state index contributed by atoms with van der Waals surface area (Å²) >= 11 is 0. The van der Waals surface area contributed by atoms with Gasteiger partial charge in [-0.05, 0) is 30.3 Å². The first kappa shape index (κ1) is 15.5. The molecule has 2 rings (SSSR count). The van der Waals surface area contributed by atoms with Gasteiger partial charge in [-0.25, -0.2) is 0 Å². The molecule has 0 bridgehead atoms. The molecule has 0 fully saturated rings. The third kappa shape index (κ3) is 3.60. The van der Waals surface area contributed by atoms with Crippen molar-refractivity contribution in [3.63, 3.8) is 0 Å². The summed E-state index contributed by atoms with van der Waals surface area (Å²) < 4.78 is 37.2. The number of phenolic OH excluding ortho intramolecular Hbond substituents is 1. The predicted octanol–water partition coefficient (Wildman–Crippen LogP) is 4.07. The number of non-ortho nitro benzene ring substituents is 1. The highest BCUT2D eigenvalue weighted by atomic mass is 19.4. The van der Waals surface area contributed by atoms with Crippen molar-refractivity contribution in [1.82, 2.24) is 0 Å². The van der Waals surface area contributed by atoms with Crippen LogP contribution in [0.3, 0.4) is 0 Å². The monoisotopic (exact) mass is 310 g/mol. The Kier molecular flexibility index (Phi) is 4.11. The normalized spacial score (nSPS) is 11.8.